The summed E-state index contributed by atoms with van der Waals surface area (Å²) < 4.78 is 17.5. The molecule has 1 unspecified atom stereocenters. The van der Waals surface area contributed by atoms with Gasteiger partial charge in [-0.3, -0.25) is 19.9 Å². The molecule has 2 aromatic carbocycles. The van der Waals surface area contributed by atoms with Crippen molar-refractivity contribution in [2.24, 2.45) is 0 Å². The molecule has 7 heteroatoms. The maximum atomic E-state index is 14.0. The van der Waals surface area contributed by atoms with Crippen LogP contribution in [0.5, 0.6) is 0 Å². The van der Waals surface area contributed by atoms with E-state index in [1.807, 2.05) is 60.7 Å². The number of carbonyl (C=O) groups is 1. The zero-order valence-corrected chi connectivity index (χ0v) is 19.3. The summed E-state index contributed by atoms with van der Waals surface area (Å²) >= 11 is 0. The van der Waals surface area contributed by atoms with E-state index in [0.29, 0.717) is 18.7 Å². The summed E-state index contributed by atoms with van der Waals surface area (Å²) in [6.45, 7) is 9.23. The fourth-order valence-electron chi connectivity index (χ4n) is 4.35. The average molecular weight is 454 g/mol. The molecule has 0 aromatic heterocycles. The molecule has 0 spiro atoms. The van der Waals surface area contributed by atoms with Gasteiger partial charge < -0.3 is 14.2 Å². The van der Waals surface area contributed by atoms with Gasteiger partial charge in [0.05, 0.1) is 33.0 Å². The van der Waals surface area contributed by atoms with Gasteiger partial charge in [-0.2, -0.15) is 0 Å². The maximum Gasteiger partial charge on any atom is 0.214 e. The van der Waals surface area contributed by atoms with Crippen LogP contribution in [0.15, 0.2) is 60.7 Å². The van der Waals surface area contributed by atoms with Crippen LogP contribution >= 0.6 is 0 Å². The van der Waals surface area contributed by atoms with E-state index in [0.717, 1.165) is 71.3 Å². The van der Waals surface area contributed by atoms with Crippen LogP contribution in [-0.4, -0.2) is 94.4 Å². The highest BCUT2D eigenvalue weighted by Crippen LogP contribution is 2.28. The van der Waals surface area contributed by atoms with Gasteiger partial charge in [0.2, 0.25) is 11.5 Å². The van der Waals surface area contributed by atoms with Gasteiger partial charge >= 0.3 is 0 Å². The minimum Gasteiger partial charge on any atom is -0.379 e. The van der Waals surface area contributed by atoms with E-state index in [9.17, 15) is 4.79 Å². The lowest BCUT2D eigenvalue weighted by Gasteiger charge is -2.36. The summed E-state index contributed by atoms with van der Waals surface area (Å²) in [5.41, 5.74) is 0.204. The normalized spacial score (nSPS) is 19.8. The Morgan fingerprint density at radius 1 is 0.818 bits per heavy atom. The fourth-order valence-corrected chi connectivity index (χ4v) is 4.35. The molecule has 1 N–H and O–H groups in total. The van der Waals surface area contributed by atoms with Crippen LogP contribution in [-0.2, 0) is 19.9 Å². The minimum absolute atomic E-state index is 0.0711. The molecule has 0 bridgehead atoms. The van der Waals surface area contributed by atoms with E-state index in [1.54, 1.807) is 0 Å². The molecule has 0 amide bonds. The van der Waals surface area contributed by atoms with E-state index in [2.05, 4.69) is 15.1 Å². The molecule has 2 aromatic rings. The lowest BCUT2D eigenvalue weighted by molar-refractivity contribution is -0.0647. The summed E-state index contributed by atoms with van der Waals surface area (Å²) in [6.07, 6.45) is 0. The number of ether oxygens (including phenoxy) is 3. The summed E-state index contributed by atoms with van der Waals surface area (Å²) in [4.78, 5) is 18.7. The van der Waals surface area contributed by atoms with Crippen molar-refractivity contribution < 1.29 is 19.0 Å². The first kappa shape index (κ1) is 24.0. The molecule has 2 heterocycles. The second-order valence-electron chi connectivity index (χ2n) is 8.43. The van der Waals surface area contributed by atoms with Crippen LogP contribution in [0, 0.1) is 0 Å². The molecule has 2 fully saturated rings. The zero-order chi connectivity index (χ0) is 22.8. The molecular formula is C26H35N3O4. The van der Waals surface area contributed by atoms with Crippen molar-refractivity contribution in [2.75, 3.05) is 78.8 Å². The third kappa shape index (κ3) is 6.47. The monoisotopic (exact) mass is 453 g/mol. The second kappa shape index (κ2) is 12.4. The van der Waals surface area contributed by atoms with Gasteiger partial charge in [0.25, 0.3) is 0 Å². The molecular weight excluding hydrogens is 418 g/mol. The number of hydrogen-bond acceptors (Lipinski definition) is 7. The summed E-state index contributed by atoms with van der Waals surface area (Å²) in [5, 5.41) is 3.54. The van der Waals surface area contributed by atoms with Crippen molar-refractivity contribution in [3.8, 4) is 0 Å². The molecule has 2 saturated heterocycles. The molecule has 33 heavy (non-hydrogen) atoms. The van der Waals surface area contributed by atoms with E-state index < -0.39 is 5.72 Å². The summed E-state index contributed by atoms with van der Waals surface area (Å²) in [6, 6.07) is 19.2. The Balaban J connectivity index is 1.55. The van der Waals surface area contributed by atoms with Crippen LogP contribution in [0.3, 0.4) is 0 Å². The smallest absolute Gasteiger partial charge is 0.214 e. The lowest BCUT2D eigenvalue weighted by Crippen LogP contribution is -2.54. The Morgan fingerprint density at radius 3 is 1.97 bits per heavy atom. The molecule has 0 saturated carbocycles. The van der Waals surface area contributed by atoms with Gasteiger partial charge in [0.1, 0.15) is 0 Å². The lowest BCUT2D eigenvalue weighted by atomic mass is 9.92. The van der Waals surface area contributed by atoms with Crippen molar-refractivity contribution in [1.82, 2.24) is 15.1 Å². The predicted octanol–water partition coefficient (Wildman–Crippen LogP) is 1.99. The topological polar surface area (TPSA) is 63.3 Å². The Hall–Kier alpha value is -2.13. The van der Waals surface area contributed by atoms with Crippen molar-refractivity contribution >= 4 is 5.78 Å². The second-order valence-corrected chi connectivity index (χ2v) is 8.43. The first-order valence-electron chi connectivity index (χ1n) is 11.9. The number of hydrogen-bond donors (Lipinski definition) is 1. The van der Waals surface area contributed by atoms with Crippen LogP contribution in [0.1, 0.15) is 15.9 Å². The molecule has 4 rings (SSSR count). The van der Waals surface area contributed by atoms with E-state index in [1.165, 1.54) is 0 Å². The number of benzene rings is 2. The number of rotatable bonds is 11. The summed E-state index contributed by atoms with van der Waals surface area (Å²) in [7, 11) is 0. The number of carbonyl (C=O) groups excluding carboxylic acids is 1. The van der Waals surface area contributed by atoms with Gasteiger partial charge in [-0.25, -0.2) is 0 Å². The van der Waals surface area contributed by atoms with Gasteiger partial charge in [-0.15, -0.1) is 0 Å². The number of Topliss-reactive ketones (excluding diaryl/α,β-unsaturated/α-hetero) is 1. The summed E-state index contributed by atoms with van der Waals surface area (Å²) in [5.74, 6) is -0.0711. The van der Waals surface area contributed by atoms with E-state index >= 15 is 0 Å². The highest BCUT2D eigenvalue weighted by atomic mass is 16.5. The van der Waals surface area contributed by atoms with Crippen molar-refractivity contribution in [1.29, 1.82) is 0 Å². The van der Waals surface area contributed by atoms with Gasteiger partial charge in [-0.1, -0.05) is 60.7 Å². The quantitative estimate of drug-likeness (QED) is 0.412. The minimum atomic E-state index is -1.25. The molecule has 0 radical (unpaired) electrons. The largest absolute Gasteiger partial charge is 0.379 e. The maximum absolute atomic E-state index is 14.0. The van der Waals surface area contributed by atoms with Crippen LogP contribution in [0.25, 0.3) is 0 Å². The molecule has 2 aliphatic rings. The van der Waals surface area contributed by atoms with Crippen LogP contribution in [0.2, 0.25) is 0 Å². The van der Waals surface area contributed by atoms with Crippen molar-refractivity contribution in [3.63, 3.8) is 0 Å². The number of nitrogens with zero attached hydrogens (tertiary/aromatic N) is 2. The first-order chi connectivity index (χ1) is 16.3. The Kier molecular flexibility index (Phi) is 9.00. The zero-order valence-electron chi connectivity index (χ0n) is 19.3. The first-order valence-corrected chi connectivity index (χ1v) is 11.9. The molecule has 2 aliphatic heterocycles. The standard InChI is InChI=1S/C26H35N3O4/c30-25(23-7-3-1-4-8-23)26(24-9-5-2-6-10-24,27-11-12-28-13-18-31-19-14-28)33-22-17-29-15-20-32-21-16-29/h1-10,27H,11-22H2. The third-order valence-electron chi connectivity index (χ3n) is 6.27. The van der Waals surface area contributed by atoms with Gasteiger partial charge in [0, 0.05) is 56.9 Å². The van der Waals surface area contributed by atoms with Crippen molar-refractivity contribution in [2.45, 2.75) is 5.72 Å². The Labute approximate surface area is 196 Å². The molecule has 1 atom stereocenters. The number of morpholine rings is 2. The molecule has 178 valence electrons. The van der Waals surface area contributed by atoms with Crippen LogP contribution in [0.4, 0.5) is 0 Å². The van der Waals surface area contributed by atoms with E-state index in [-0.39, 0.29) is 5.78 Å². The SMILES string of the molecule is O=C(c1ccccc1)C(NCCN1CCOCC1)(OCCN1CCOCC1)c1ccccc1. The molecule has 7 nitrogen and oxygen atoms in total. The highest BCUT2D eigenvalue weighted by Gasteiger charge is 2.41. The van der Waals surface area contributed by atoms with E-state index in [4.69, 9.17) is 14.2 Å². The van der Waals surface area contributed by atoms with Crippen LogP contribution < -0.4 is 5.32 Å². The van der Waals surface area contributed by atoms with Gasteiger partial charge in [0.15, 0.2) is 0 Å². The fraction of sp³-hybridized carbons (Fsp3) is 0.500. The molecule has 0 aliphatic carbocycles. The van der Waals surface area contributed by atoms with Crippen molar-refractivity contribution in [3.05, 3.63) is 71.8 Å². The predicted molar refractivity (Wildman–Crippen MR) is 127 cm³/mol. The Bertz CT molecular complexity index is 813. The third-order valence-corrected chi connectivity index (χ3v) is 6.27. The van der Waals surface area contributed by atoms with Gasteiger partial charge in [-0.05, 0) is 0 Å². The number of nitrogens with one attached hydrogen (secondary N) is 1. The average Bonchev–Trinajstić information content (AvgIpc) is 2.90. The highest BCUT2D eigenvalue weighted by molar-refractivity contribution is 6.02. The number of ketones is 1. The Morgan fingerprint density at radius 2 is 1.36 bits per heavy atom.